The van der Waals surface area contributed by atoms with Crippen LogP contribution in [-0.4, -0.2) is 68.3 Å². The van der Waals surface area contributed by atoms with Gasteiger partial charge >= 0.3 is 0 Å². The number of aliphatic hydroxyl groups is 1. The topological polar surface area (TPSA) is 171 Å². The summed E-state index contributed by atoms with van der Waals surface area (Å²) < 4.78 is 17.7. The number of hydrogen-bond acceptors (Lipinski definition) is 10. The number of benzene rings is 1. The summed E-state index contributed by atoms with van der Waals surface area (Å²) >= 11 is 0. The number of pyridine rings is 1. The smallest absolute Gasteiger partial charge is 0.260 e. The maximum absolute atomic E-state index is 13.4. The molecule has 1 fully saturated rings. The van der Waals surface area contributed by atoms with Crippen LogP contribution in [0, 0.1) is 0 Å². The minimum absolute atomic E-state index is 0.164. The molecule has 192 valence electrons. The number of hydrogen-bond donors (Lipinski definition) is 3. The van der Waals surface area contributed by atoms with Crippen molar-refractivity contribution in [1.29, 1.82) is 0 Å². The normalized spacial score (nSPS) is 18.1. The number of morpholine rings is 1. The lowest BCUT2D eigenvalue weighted by Crippen LogP contribution is -2.61. The number of aliphatic hydroxyl groups excluding tert-OH is 1. The average Bonchev–Trinajstić information content (AvgIpc) is 3.52. The molecule has 1 unspecified atom stereocenters. The van der Waals surface area contributed by atoms with Crippen LogP contribution in [0.3, 0.4) is 0 Å². The van der Waals surface area contributed by atoms with E-state index in [4.69, 9.17) is 19.7 Å². The number of carbonyl (C=O) groups is 2. The summed E-state index contributed by atoms with van der Waals surface area (Å²) in [6.07, 6.45) is 0.0133. The fraction of sp³-hybridized carbons (Fsp3) is 0.292. The summed E-state index contributed by atoms with van der Waals surface area (Å²) in [5, 5.41) is 22.2. The number of methoxy groups -OCH3 is 1. The van der Waals surface area contributed by atoms with E-state index in [2.05, 4.69) is 20.6 Å². The van der Waals surface area contributed by atoms with Gasteiger partial charge in [0.05, 0.1) is 30.3 Å². The molecule has 0 spiro atoms. The number of nitrogen functional groups attached to an aromatic ring is 1. The number of rotatable bonds is 6. The lowest BCUT2D eigenvalue weighted by molar-refractivity contribution is -0.169. The summed E-state index contributed by atoms with van der Waals surface area (Å²) in [5.74, 6) is -0.446. The Hall–Kier alpha value is -4.49. The Morgan fingerprint density at radius 2 is 2.11 bits per heavy atom. The molecule has 0 bridgehead atoms. The molecule has 13 heteroatoms. The molecule has 0 saturated carbocycles. The Kier molecular flexibility index (Phi) is 6.01. The van der Waals surface area contributed by atoms with Crippen LogP contribution in [0.5, 0.6) is 5.88 Å². The SMILES string of the molecule is COc1cc(-n2ccc(N3CC(C)(C)O[C@H](C(O)C(=O)Nc4ccc5c(N)noc5c4)C3=O)n2)ccn1. The van der Waals surface area contributed by atoms with Crippen molar-refractivity contribution in [2.24, 2.45) is 0 Å². The Morgan fingerprint density at radius 1 is 1.30 bits per heavy atom. The summed E-state index contributed by atoms with van der Waals surface area (Å²) in [6.45, 7) is 3.69. The first-order valence-corrected chi connectivity index (χ1v) is 11.3. The van der Waals surface area contributed by atoms with Crippen molar-refractivity contribution >= 4 is 40.1 Å². The Balaban J connectivity index is 1.36. The van der Waals surface area contributed by atoms with Crippen LogP contribution in [0.1, 0.15) is 13.8 Å². The minimum Gasteiger partial charge on any atom is -0.481 e. The molecule has 4 heterocycles. The minimum atomic E-state index is -1.79. The van der Waals surface area contributed by atoms with Crippen LogP contribution >= 0.6 is 0 Å². The number of fused-ring (bicyclic) bond motifs is 1. The standard InChI is InChI=1S/C24H25N7O6/c1-24(2)12-30(17-7-9-31(28-17)14-6-8-26-18(11-14)35-3)23(34)20(36-24)19(32)22(33)27-13-4-5-15-16(10-13)37-29-21(15)25/h4-11,19-20,32H,12H2,1-3H3,(H2,25,29)(H,27,33)/t19?,20-/m1/s1. The van der Waals surface area contributed by atoms with Gasteiger partial charge in [-0.15, -0.1) is 5.10 Å². The summed E-state index contributed by atoms with van der Waals surface area (Å²) in [7, 11) is 1.51. The number of nitrogens with zero attached hydrogens (tertiary/aromatic N) is 5. The molecule has 3 aromatic heterocycles. The van der Waals surface area contributed by atoms with Crippen LogP contribution in [0.25, 0.3) is 16.7 Å². The second-order valence-corrected chi connectivity index (χ2v) is 9.11. The zero-order valence-electron chi connectivity index (χ0n) is 20.3. The Morgan fingerprint density at radius 3 is 2.89 bits per heavy atom. The highest BCUT2D eigenvalue weighted by atomic mass is 16.5. The fourth-order valence-corrected chi connectivity index (χ4v) is 4.08. The highest BCUT2D eigenvalue weighted by molar-refractivity contribution is 6.04. The molecule has 1 saturated heterocycles. The molecule has 4 N–H and O–H groups in total. The van der Waals surface area contributed by atoms with Crippen molar-refractivity contribution in [2.75, 3.05) is 29.6 Å². The van der Waals surface area contributed by atoms with Gasteiger partial charge in [0, 0.05) is 36.3 Å². The molecule has 13 nitrogen and oxygen atoms in total. The van der Waals surface area contributed by atoms with E-state index in [1.165, 1.54) is 18.1 Å². The van der Waals surface area contributed by atoms with E-state index in [0.717, 1.165) is 0 Å². The number of ether oxygens (including phenoxy) is 2. The lowest BCUT2D eigenvalue weighted by atomic mass is 10.0. The monoisotopic (exact) mass is 507 g/mol. The molecule has 5 rings (SSSR count). The number of amides is 2. The predicted octanol–water partition coefficient (Wildman–Crippen LogP) is 1.51. The van der Waals surface area contributed by atoms with Gasteiger partial charge in [0.15, 0.2) is 29.4 Å². The second-order valence-electron chi connectivity index (χ2n) is 9.11. The highest BCUT2D eigenvalue weighted by Crippen LogP contribution is 2.29. The number of anilines is 3. The molecular weight excluding hydrogens is 482 g/mol. The first kappa shape index (κ1) is 24.2. The molecule has 2 amide bonds. The second kappa shape index (κ2) is 9.19. The van der Waals surface area contributed by atoms with Crippen LogP contribution in [0.15, 0.2) is 53.3 Å². The molecule has 2 atom stereocenters. The van der Waals surface area contributed by atoms with E-state index in [9.17, 15) is 14.7 Å². The molecule has 1 aliphatic heterocycles. The van der Waals surface area contributed by atoms with Gasteiger partial charge in [-0.2, -0.15) is 0 Å². The number of aromatic nitrogens is 4. The fourth-order valence-electron chi connectivity index (χ4n) is 4.08. The van der Waals surface area contributed by atoms with Gasteiger partial charge in [0.25, 0.3) is 11.8 Å². The third-order valence-corrected chi connectivity index (χ3v) is 5.86. The van der Waals surface area contributed by atoms with Gasteiger partial charge in [0.2, 0.25) is 5.88 Å². The van der Waals surface area contributed by atoms with Crippen molar-refractivity contribution in [3.63, 3.8) is 0 Å². The highest BCUT2D eigenvalue weighted by Gasteiger charge is 2.46. The lowest BCUT2D eigenvalue weighted by Gasteiger charge is -2.42. The molecular formula is C24H25N7O6. The van der Waals surface area contributed by atoms with E-state index in [0.29, 0.717) is 34.0 Å². The van der Waals surface area contributed by atoms with E-state index < -0.39 is 29.6 Å². The quantitative estimate of drug-likeness (QED) is 0.347. The van der Waals surface area contributed by atoms with Crippen molar-refractivity contribution in [2.45, 2.75) is 31.7 Å². The average molecular weight is 508 g/mol. The zero-order valence-corrected chi connectivity index (χ0v) is 20.3. The van der Waals surface area contributed by atoms with Gasteiger partial charge in [0.1, 0.15) is 0 Å². The van der Waals surface area contributed by atoms with E-state index >= 15 is 0 Å². The van der Waals surface area contributed by atoms with Gasteiger partial charge in [-0.3, -0.25) is 14.5 Å². The Bertz CT molecular complexity index is 1480. The first-order chi connectivity index (χ1) is 17.6. The van der Waals surface area contributed by atoms with Crippen molar-refractivity contribution in [3.05, 3.63) is 48.8 Å². The maximum atomic E-state index is 13.4. The van der Waals surface area contributed by atoms with Crippen molar-refractivity contribution < 1.29 is 28.7 Å². The molecule has 1 aromatic carbocycles. The van der Waals surface area contributed by atoms with Gasteiger partial charge in [-0.25, -0.2) is 9.67 Å². The number of nitrogens with one attached hydrogen (secondary N) is 1. The van der Waals surface area contributed by atoms with E-state index in [1.54, 1.807) is 61.3 Å². The van der Waals surface area contributed by atoms with Gasteiger partial charge in [-0.1, -0.05) is 5.16 Å². The van der Waals surface area contributed by atoms with Crippen molar-refractivity contribution in [3.8, 4) is 11.6 Å². The Labute approximate surface area is 210 Å². The third-order valence-electron chi connectivity index (χ3n) is 5.86. The van der Waals surface area contributed by atoms with Crippen LogP contribution < -0.4 is 20.7 Å². The maximum Gasteiger partial charge on any atom is 0.260 e. The number of carbonyl (C=O) groups excluding carboxylic acids is 2. The van der Waals surface area contributed by atoms with Crippen LogP contribution in [0.2, 0.25) is 0 Å². The predicted molar refractivity (Wildman–Crippen MR) is 132 cm³/mol. The molecule has 0 aliphatic carbocycles. The van der Waals surface area contributed by atoms with Gasteiger partial charge < -0.3 is 30.2 Å². The van der Waals surface area contributed by atoms with Crippen LogP contribution in [0.4, 0.5) is 17.3 Å². The summed E-state index contributed by atoms with van der Waals surface area (Å²) in [5.41, 5.74) is 6.22. The largest absolute Gasteiger partial charge is 0.481 e. The van der Waals surface area contributed by atoms with Crippen molar-refractivity contribution in [1.82, 2.24) is 19.9 Å². The third kappa shape index (κ3) is 4.69. The summed E-state index contributed by atoms with van der Waals surface area (Å²) in [6, 6.07) is 9.83. The first-order valence-electron chi connectivity index (χ1n) is 11.3. The number of nitrogens with two attached hydrogens (primary N) is 1. The van der Waals surface area contributed by atoms with Gasteiger partial charge in [-0.05, 0) is 32.0 Å². The van der Waals surface area contributed by atoms with E-state index in [1.807, 2.05) is 0 Å². The molecule has 0 radical (unpaired) electrons. The van der Waals surface area contributed by atoms with E-state index in [-0.39, 0.29) is 12.4 Å². The van der Waals surface area contributed by atoms with Crippen LogP contribution in [-0.2, 0) is 14.3 Å². The zero-order chi connectivity index (χ0) is 26.3. The molecule has 4 aromatic rings. The summed E-state index contributed by atoms with van der Waals surface area (Å²) in [4.78, 5) is 31.7. The molecule has 37 heavy (non-hydrogen) atoms. The molecule has 1 aliphatic rings.